The molecule has 0 fully saturated rings. The number of benzene rings is 2. The third-order valence-electron chi connectivity index (χ3n) is 3.62. The first kappa shape index (κ1) is 17.9. The fourth-order valence-electron chi connectivity index (χ4n) is 2.32. The Morgan fingerprint density at radius 2 is 1.92 bits per heavy atom. The van der Waals surface area contributed by atoms with Crippen molar-refractivity contribution < 1.29 is 9.57 Å². The van der Waals surface area contributed by atoms with Crippen molar-refractivity contribution in [2.45, 2.75) is 20.5 Å². The third kappa shape index (κ3) is 4.32. The van der Waals surface area contributed by atoms with Crippen LogP contribution in [0.15, 0.2) is 47.6 Å². The molecule has 0 bridgehead atoms. The van der Waals surface area contributed by atoms with Gasteiger partial charge in [-0.1, -0.05) is 53.8 Å². The molecule has 1 N–H and O–H groups in total. The second kappa shape index (κ2) is 8.45. The van der Waals surface area contributed by atoms with Gasteiger partial charge < -0.3 is 14.9 Å². The molecule has 0 aliphatic rings. The lowest BCUT2D eigenvalue weighted by molar-refractivity contribution is 0.214. The number of aryl methyl sites for hydroxylation is 2. The highest BCUT2D eigenvalue weighted by Crippen LogP contribution is 2.21. The van der Waals surface area contributed by atoms with E-state index in [-0.39, 0.29) is 0 Å². The normalized spacial score (nSPS) is 11.1. The Morgan fingerprint density at radius 3 is 2.62 bits per heavy atom. The second-order valence-corrected chi connectivity index (χ2v) is 5.82. The molecule has 126 valence electrons. The molecule has 2 aromatic rings. The summed E-state index contributed by atoms with van der Waals surface area (Å²) in [6.07, 6.45) is 0. The summed E-state index contributed by atoms with van der Waals surface area (Å²) >= 11 is 5.34. The minimum atomic E-state index is 0.426. The summed E-state index contributed by atoms with van der Waals surface area (Å²) in [6, 6.07) is 14.1. The zero-order chi connectivity index (χ0) is 17.5. The molecular formula is C19H22N2O2S. The maximum absolute atomic E-state index is 6.03. The molecule has 0 aliphatic heterocycles. The molecule has 5 heteroatoms. The largest absolute Gasteiger partial charge is 0.489 e. The Bertz CT molecular complexity index is 757. The quantitative estimate of drug-likeness (QED) is 0.493. The van der Waals surface area contributed by atoms with Crippen molar-refractivity contribution in [1.82, 2.24) is 5.32 Å². The molecule has 0 radical (unpaired) electrons. The van der Waals surface area contributed by atoms with Gasteiger partial charge in [0.05, 0.1) is 0 Å². The van der Waals surface area contributed by atoms with Crippen LogP contribution in [0, 0.1) is 13.8 Å². The lowest BCUT2D eigenvalue weighted by atomic mass is 10.0. The molecule has 2 aromatic carbocycles. The molecule has 0 saturated heterocycles. The van der Waals surface area contributed by atoms with E-state index in [1.165, 1.54) is 12.7 Å². The topological polar surface area (TPSA) is 42.9 Å². The third-order valence-corrected chi connectivity index (χ3v) is 4.02. The number of thiocarbonyl (C=S) groups is 1. The van der Waals surface area contributed by atoms with Crippen LogP contribution < -0.4 is 10.1 Å². The van der Waals surface area contributed by atoms with Crippen LogP contribution >= 0.6 is 12.2 Å². The van der Waals surface area contributed by atoms with Gasteiger partial charge in [0.2, 0.25) is 0 Å². The molecule has 0 heterocycles. The minimum absolute atomic E-state index is 0.426. The maximum Gasteiger partial charge on any atom is 0.144 e. The Balaban J connectivity index is 2.30. The molecule has 0 aliphatic carbocycles. The highest BCUT2D eigenvalue weighted by molar-refractivity contribution is 7.82. The van der Waals surface area contributed by atoms with Gasteiger partial charge in [-0.15, -0.1) is 0 Å². The number of hydrogen-bond donors (Lipinski definition) is 1. The van der Waals surface area contributed by atoms with Crippen molar-refractivity contribution in [3.63, 3.8) is 0 Å². The van der Waals surface area contributed by atoms with Crippen molar-refractivity contribution in [1.29, 1.82) is 0 Å². The van der Waals surface area contributed by atoms with Crippen LogP contribution in [-0.2, 0) is 11.4 Å². The summed E-state index contributed by atoms with van der Waals surface area (Å²) in [5.74, 6) is 0.881. The number of nitrogens with zero attached hydrogens (tertiary/aromatic N) is 1. The van der Waals surface area contributed by atoms with E-state index in [0.717, 1.165) is 22.4 Å². The molecule has 0 aromatic heterocycles. The van der Waals surface area contributed by atoms with Crippen molar-refractivity contribution in [3.8, 4) is 5.75 Å². The first-order valence-electron chi connectivity index (χ1n) is 7.68. The van der Waals surface area contributed by atoms with Crippen molar-refractivity contribution in [2.24, 2.45) is 5.16 Å². The summed E-state index contributed by atoms with van der Waals surface area (Å²) in [7, 11) is 3.27. The molecule has 0 atom stereocenters. The maximum atomic E-state index is 6.03. The first-order chi connectivity index (χ1) is 11.6. The highest BCUT2D eigenvalue weighted by atomic mass is 32.1. The van der Waals surface area contributed by atoms with Gasteiger partial charge in [0.1, 0.15) is 30.2 Å². The Hall–Kier alpha value is -2.40. The van der Waals surface area contributed by atoms with Gasteiger partial charge in [0.15, 0.2) is 0 Å². The second-order valence-electron chi connectivity index (χ2n) is 5.42. The monoisotopic (exact) mass is 342 g/mol. The predicted octanol–water partition coefficient (Wildman–Crippen LogP) is 3.78. The van der Waals surface area contributed by atoms with E-state index in [1.807, 2.05) is 37.3 Å². The number of nitrogens with one attached hydrogen (secondary N) is 1. The van der Waals surface area contributed by atoms with Crippen molar-refractivity contribution in [3.05, 3.63) is 64.7 Å². The number of likely N-dealkylation sites (N-methyl/N-ethyl adjacent to an activating group) is 1. The van der Waals surface area contributed by atoms with E-state index in [9.17, 15) is 0 Å². The molecular weight excluding hydrogens is 320 g/mol. The fraction of sp³-hybridized carbons (Fsp3) is 0.263. The highest BCUT2D eigenvalue weighted by Gasteiger charge is 2.14. The minimum Gasteiger partial charge on any atom is -0.489 e. The Kier molecular flexibility index (Phi) is 6.32. The van der Waals surface area contributed by atoms with Crippen LogP contribution in [0.4, 0.5) is 0 Å². The van der Waals surface area contributed by atoms with E-state index >= 15 is 0 Å². The summed E-state index contributed by atoms with van der Waals surface area (Å²) in [5, 5.41) is 7.02. The van der Waals surface area contributed by atoms with Crippen LogP contribution in [0.5, 0.6) is 5.75 Å². The predicted molar refractivity (Wildman–Crippen MR) is 102 cm³/mol. The van der Waals surface area contributed by atoms with E-state index < -0.39 is 0 Å². The van der Waals surface area contributed by atoms with Gasteiger partial charge in [0, 0.05) is 12.6 Å². The zero-order valence-electron chi connectivity index (χ0n) is 14.4. The molecule has 4 nitrogen and oxygen atoms in total. The fourth-order valence-corrected chi connectivity index (χ4v) is 2.47. The van der Waals surface area contributed by atoms with E-state index in [4.69, 9.17) is 21.8 Å². The van der Waals surface area contributed by atoms with Crippen molar-refractivity contribution >= 4 is 22.9 Å². The van der Waals surface area contributed by atoms with E-state index in [2.05, 4.69) is 29.5 Å². The number of rotatable bonds is 6. The van der Waals surface area contributed by atoms with Crippen LogP contribution in [-0.4, -0.2) is 24.9 Å². The lowest BCUT2D eigenvalue weighted by Crippen LogP contribution is -2.27. The number of oxime groups is 1. The van der Waals surface area contributed by atoms with Gasteiger partial charge >= 0.3 is 0 Å². The number of hydrogen-bond acceptors (Lipinski definition) is 4. The molecule has 0 unspecified atom stereocenters. The zero-order valence-corrected chi connectivity index (χ0v) is 15.2. The van der Waals surface area contributed by atoms with Gasteiger partial charge in [0.25, 0.3) is 0 Å². The van der Waals surface area contributed by atoms with Crippen LogP contribution in [0.3, 0.4) is 0 Å². The van der Waals surface area contributed by atoms with E-state index in [0.29, 0.717) is 17.3 Å². The summed E-state index contributed by atoms with van der Waals surface area (Å²) in [5.41, 5.74) is 4.75. The van der Waals surface area contributed by atoms with Crippen LogP contribution in [0.25, 0.3) is 0 Å². The lowest BCUT2D eigenvalue weighted by Gasteiger charge is -2.14. The molecule has 0 amide bonds. The Labute approximate surface area is 148 Å². The van der Waals surface area contributed by atoms with Crippen LogP contribution in [0.2, 0.25) is 0 Å². The average Bonchev–Trinajstić information content (AvgIpc) is 2.60. The average molecular weight is 342 g/mol. The molecule has 24 heavy (non-hydrogen) atoms. The van der Waals surface area contributed by atoms with Crippen molar-refractivity contribution in [2.75, 3.05) is 14.2 Å². The first-order valence-corrected chi connectivity index (χ1v) is 8.09. The van der Waals surface area contributed by atoms with Gasteiger partial charge in [-0.05, 0) is 36.6 Å². The van der Waals surface area contributed by atoms with E-state index in [1.54, 1.807) is 7.05 Å². The standard InChI is InChI=1S/C19H22N2O2S/c1-13-9-10-14(2)17(11-13)23-12-15-7-5-6-8-16(15)18(21-22-4)19(24)20-3/h5-11H,12H2,1-4H3,(H,20,24). The summed E-state index contributed by atoms with van der Waals surface area (Å²) in [4.78, 5) is 5.48. The Morgan fingerprint density at radius 1 is 1.17 bits per heavy atom. The molecule has 2 rings (SSSR count). The summed E-state index contributed by atoms with van der Waals surface area (Å²) in [6.45, 7) is 4.51. The van der Waals surface area contributed by atoms with Gasteiger partial charge in [-0.3, -0.25) is 0 Å². The molecule has 0 spiro atoms. The molecule has 0 saturated carbocycles. The van der Waals surface area contributed by atoms with Gasteiger partial charge in [-0.2, -0.15) is 0 Å². The smallest absolute Gasteiger partial charge is 0.144 e. The van der Waals surface area contributed by atoms with Gasteiger partial charge in [-0.25, -0.2) is 0 Å². The SMILES string of the molecule is CNC(=S)C(=NOC)c1ccccc1COc1cc(C)ccc1C. The number of ether oxygens (including phenoxy) is 1. The van der Waals surface area contributed by atoms with Crippen LogP contribution in [0.1, 0.15) is 22.3 Å². The summed E-state index contributed by atoms with van der Waals surface area (Å²) < 4.78 is 6.03.